The summed E-state index contributed by atoms with van der Waals surface area (Å²) in [6.07, 6.45) is 2.70. The first-order chi connectivity index (χ1) is 9.04. The summed E-state index contributed by atoms with van der Waals surface area (Å²) in [5.41, 5.74) is 1.87. The summed E-state index contributed by atoms with van der Waals surface area (Å²) < 4.78 is 5.53. The van der Waals surface area contributed by atoms with Gasteiger partial charge in [-0.3, -0.25) is 0 Å². The van der Waals surface area contributed by atoms with Crippen molar-refractivity contribution in [2.75, 3.05) is 31.6 Å². The van der Waals surface area contributed by atoms with Crippen LogP contribution in [-0.2, 0) is 0 Å². The maximum Gasteiger partial charge on any atom is 0.142 e. The largest absolute Gasteiger partial charge is 0.495 e. The minimum Gasteiger partial charge on any atom is -0.495 e. The van der Waals surface area contributed by atoms with Gasteiger partial charge in [0.25, 0.3) is 0 Å². The van der Waals surface area contributed by atoms with Crippen molar-refractivity contribution in [3.05, 3.63) is 24.3 Å². The second-order valence-electron chi connectivity index (χ2n) is 6.77. The standard InChI is InChI=1S/C16H24N2O/c1-15(2)11-18(12-16(8-9-16)10-17-15)13-6-4-5-7-14(13)19-3/h4-7,17H,8-12H2,1-3H3. The maximum atomic E-state index is 5.53. The fourth-order valence-electron chi connectivity index (χ4n) is 3.05. The molecule has 1 aliphatic heterocycles. The van der Waals surface area contributed by atoms with E-state index in [1.165, 1.54) is 18.5 Å². The molecule has 0 aromatic heterocycles. The lowest BCUT2D eigenvalue weighted by Crippen LogP contribution is -2.46. The maximum absolute atomic E-state index is 5.53. The molecule has 1 aromatic carbocycles. The topological polar surface area (TPSA) is 24.5 Å². The Balaban J connectivity index is 1.92. The van der Waals surface area contributed by atoms with E-state index in [0.29, 0.717) is 5.41 Å². The number of rotatable bonds is 2. The van der Waals surface area contributed by atoms with Crippen LogP contribution in [0, 0.1) is 5.41 Å². The lowest BCUT2D eigenvalue weighted by Gasteiger charge is -2.32. The Labute approximate surface area is 115 Å². The third kappa shape index (κ3) is 2.57. The van der Waals surface area contributed by atoms with Crippen LogP contribution >= 0.6 is 0 Å². The number of hydrogen-bond acceptors (Lipinski definition) is 3. The number of ether oxygens (including phenoxy) is 1. The van der Waals surface area contributed by atoms with E-state index in [9.17, 15) is 0 Å². The van der Waals surface area contributed by atoms with Crippen LogP contribution in [0.4, 0.5) is 5.69 Å². The molecular formula is C16H24N2O. The SMILES string of the molecule is COc1ccccc1N1CC2(CC2)CNC(C)(C)C1. The zero-order chi connectivity index (χ0) is 13.5. The highest BCUT2D eigenvalue weighted by Crippen LogP contribution is 2.48. The van der Waals surface area contributed by atoms with E-state index in [4.69, 9.17) is 4.74 Å². The number of benzene rings is 1. The zero-order valence-corrected chi connectivity index (χ0v) is 12.2. The Morgan fingerprint density at radius 3 is 2.58 bits per heavy atom. The molecule has 2 fully saturated rings. The predicted octanol–water partition coefficient (Wildman–Crippen LogP) is 2.66. The Bertz CT molecular complexity index is 458. The van der Waals surface area contributed by atoms with Crippen molar-refractivity contribution in [3.63, 3.8) is 0 Å². The Morgan fingerprint density at radius 1 is 1.16 bits per heavy atom. The van der Waals surface area contributed by atoms with E-state index in [2.05, 4.69) is 42.3 Å². The Hall–Kier alpha value is -1.22. The summed E-state index contributed by atoms with van der Waals surface area (Å²) >= 11 is 0. The Kier molecular flexibility index (Phi) is 2.97. The van der Waals surface area contributed by atoms with Crippen molar-refractivity contribution >= 4 is 5.69 Å². The molecule has 1 saturated carbocycles. The lowest BCUT2D eigenvalue weighted by molar-refractivity contribution is 0.388. The van der Waals surface area contributed by atoms with Crippen LogP contribution in [0.3, 0.4) is 0 Å². The van der Waals surface area contributed by atoms with E-state index in [-0.39, 0.29) is 5.54 Å². The molecule has 3 heteroatoms. The summed E-state index contributed by atoms with van der Waals surface area (Å²) in [7, 11) is 1.76. The summed E-state index contributed by atoms with van der Waals surface area (Å²) in [5.74, 6) is 0.982. The van der Waals surface area contributed by atoms with Crippen LogP contribution < -0.4 is 15.0 Å². The second kappa shape index (κ2) is 4.41. The highest BCUT2D eigenvalue weighted by atomic mass is 16.5. The van der Waals surface area contributed by atoms with E-state index >= 15 is 0 Å². The van der Waals surface area contributed by atoms with Crippen LogP contribution in [0.1, 0.15) is 26.7 Å². The number of anilines is 1. The van der Waals surface area contributed by atoms with Crippen molar-refractivity contribution < 1.29 is 4.74 Å². The second-order valence-corrected chi connectivity index (χ2v) is 6.77. The van der Waals surface area contributed by atoms with E-state index in [1.807, 2.05) is 6.07 Å². The molecule has 0 radical (unpaired) electrons. The molecule has 1 heterocycles. The average Bonchev–Trinajstić information content (AvgIpc) is 3.17. The van der Waals surface area contributed by atoms with Crippen LogP contribution in [0.2, 0.25) is 0 Å². The lowest BCUT2D eigenvalue weighted by atomic mass is 10.1. The number of hydrogen-bond donors (Lipinski definition) is 1. The average molecular weight is 260 g/mol. The first kappa shape index (κ1) is 12.8. The van der Waals surface area contributed by atoms with Gasteiger partial charge in [0.15, 0.2) is 0 Å². The van der Waals surface area contributed by atoms with Crippen LogP contribution in [0.25, 0.3) is 0 Å². The molecule has 19 heavy (non-hydrogen) atoms. The molecular weight excluding hydrogens is 236 g/mol. The van der Waals surface area contributed by atoms with E-state index < -0.39 is 0 Å². The van der Waals surface area contributed by atoms with Gasteiger partial charge in [-0.15, -0.1) is 0 Å². The van der Waals surface area contributed by atoms with Crippen LogP contribution in [0.15, 0.2) is 24.3 Å². The number of methoxy groups -OCH3 is 1. The number of para-hydroxylation sites is 2. The molecule has 0 bridgehead atoms. The van der Waals surface area contributed by atoms with E-state index in [1.54, 1.807) is 7.11 Å². The summed E-state index contributed by atoms with van der Waals surface area (Å²) in [4.78, 5) is 2.51. The quantitative estimate of drug-likeness (QED) is 0.885. The molecule has 3 rings (SSSR count). The third-order valence-corrected chi connectivity index (χ3v) is 4.44. The van der Waals surface area contributed by atoms with Crippen molar-refractivity contribution in [2.45, 2.75) is 32.2 Å². The number of nitrogens with zero attached hydrogens (tertiary/aromatic N) is 1. The fraction of sp³-hybridized carbons (Fsp3) is 0.625. The van der Waals surface area contributed by atoms with Gasteiger partial charge >= 0.3 is 0 Å². The van der Waals surface area contributed by atoms with Gasteiger partial charge in [0, 0.05) is 30.6 Å². The van der Waals surface area contributed by atoms with Gasteiger partial charge in [-0.1, -0.05) is 12.1 Å². The van der Waals surface area contributed by atoms with Crippen molar-refractivity contribution in [2.24, 2.45) is 5.41 Å². The van der Waals surface area contributed by atoms with Gasteiger partial charge in [-0.25, -0.2) is 0 Å². The van der Waals surface area contributed by atoms with Gasteiger partial charge in [-0.05, 0) is 38.8 Å². The molecule has 104 valence electrons. The van der Waals surface area contributed by atoms with Crippen molar-refractivity contribution in [1.82, 2.24) is 5.32 Å². The minimum absolute atomic E-state index is 0.146. The molecule has 3 nitrogen and oxygen atoms in total. The molecule has 2 aliphatic rings. The highest BCUT2D eigenvalue weighted by molar-refractivity contribution is 5.59. The van der Waals surface area contributed by atoms with Gasteiger partial charge in [0.1, 0.15) is 5.75 Å². The smallest absolute Gasteiger partial charge is 0.142 e. The minimum atomic E-state index is 0.146. The summed E-state index contributed by atoms with van der Waals surface area (Å²) in [6, 6.07) is 8.37. The molecule has 1 spiro atoms. The predicted molar refractivity (Wildman–Crippen MR) is 79.0 cm³/mol. The number of nitrogens with one attached hydrogen (secondary N) is 1. The molecule has 0 atom stereocenters. The van der Waals surface area contributed by atoms with Gasteiger partial charge in [0.05, 0.1) is 12.8 Å². The zero-order valence-electron chi connectivity index (χ0n) is 12.2. The van der Waals surface area contributed by atoms with Gasteiger partial charge < -0.3 is 15.0 Å². The fourth-order valence-corrected chi connectivity index (χ4v) is 3.05. The van der Waals surface area contributed by atoms with Crippen LogP contribution in [-0.4, -0.2) is 32.3 Å². The first-order valence-electron chi connectivity index (χ1n) is 7.17. The van der Waals surface area contributed by atoms with Crippen molar-refractivity contribution in [1.29, 1.82) is 0 Å². The first-order valence-corrected chi connectivity index (χ1v) is 7.17. The molecule has 1 aromatic rings. The van der Waals surface area contributed by atoms with E-state index in [0.717, 1.165) is 25.4 Å². The van der Waals surface area contributed by atoms with Crippen LogP contribution in [0.5, 0.6) is 5.75 Å². The molecule has 1 saturated heterocycles. The normalized spacial score (nSPS) is 24.1. The van der Waals surface area contributed by atoms with Gasteiger partial charge in [0.2, 0.25) is 0 Å². The Morgan fingerprint density at radius 2 is 1.89 bits per heavy atom. The summed E-state index contributed by atoms with van der Waals surface area (Å²) in [6.45, 7) is 7.89. The third-order valence-electron chi connectivity index (χ3n) is 4.44. The van der Waals surface area contributed by atoms with Crippen molar-refractivity contribution in [3.8, 4) is 5.75 Å². The highest BCUT2D eigenvalue weighted by Gasteiger charge is 2.47. The summed E-state index contributed by atoms with van der Waals surface area (Å²) in [5, 5.41) is 3.73. The molecule has 1 N–H and O–H groups in total. The molecule has 0 amide bonds. The molecule has 0 unspecified atom stereocenters. The molecule has 1 aliphatic carbocycles. The monoisotopic (exact) mass is 260 g/mol. The van der Waals surface area contributed by atoms with Gasteiger partial charge in [-0.2, -0.15) is 0 Å².